The highest BCUT2D eigenvalue weighted by Crippen LogP contribution is 2.19. The fourth-order valence-corrected chi connectivity index (χ4v) is 4.81. The molecule has 2 rings (SSSR count). The molecule has 2 aromatic rings. The van der Waals surface area contributed by atoms with Gasteiger partial charge in [0.2, 0.25) is 29.5 Å². The molecule has 0 aliphatic rings. The molecule has 0 unspecified atom stereocenters. The number of para-hydroxylation sites is 1. The van der Waals surface area contributed by atoms with Gasteiger partial charge in [0.15, 0.2) is 0 Å². The van der Waals surface area contributed by atoms with Gasteiger partial charge >= 0.3 is 5.97 Å². The number of hydrogen-bond acceptors (Lipinski definition) is 7. The number of primary amides is 1. The fourth-order valence-electron chi connectivity index (χ4n) is 4.81. The zero-order valence-corrected chi connectivity index (χ0v) is 26.5. The first kappa shape index (κ1) is 36.7. The number of carboxylic acid groups (broad SMARTS) is 1. The van der Waals surface area contributed by atoms with Gasteiger partial charge in [-0.15, -0.1) is 0 Å². The van der Waals surface area contributed by atoms with E-state index in [1.807, 2.05) is 52.0 Å². The maximum Gasteiger partial charge on any atom is 0.326 e. The van der Waals surface area contributed by atoms with Crippen molar-refractivity contribution in [2.45, 2.75) is 96.9 Å². The van der Waals surface area contributed by atoms with E-state index < -0.39 is 65.7 Å². The van der Waals surface area contributed by atoms with E-state index in [1.165, 1.54) is 6.92 Å². The summed E-state index contributed by atoms with van der Waals surface area (Å²) in [4.78, 5) is 78.1. The van der Waals surface area contributed by atoms with Gasteiger partial charge in [0.05, 0.1) is 6.04 Å². The Bertz CT molecular complexity index is 1360. The Labute approximate surface area is 262 Å². The number of fused-ring (bicyclic) bond motifs is 1. The number of carbonyl (C=O) groups excluding carboxylic acids is 5. The quantitative estimate of drug-likeness (QED) is 0.115. The number of rotatable bonds is 18. The fraction of sp³-hybridized carbons (Fsp3) is 0.548. The van der Waals surface area contributed by atoms with E-state index in [4.69, 9.17) is 11.5 Å². The first-order chi connectivity index (χ1) is 21.1. The van der Waals surface area contributed by atoms with Crippen LogP contribution in [0.2, 0.25) is 0 Å². The number of carbonyl (C=O) groups is 6. The molecule has 5 amide bonds. The SMILES string of the molecule is CC(C)C[C@H](NC(=O)[C@H](CC(C)C)NC(=O)[C@@H](N)Cc1c[nH]c2ccccc12)C(=O)N[C@@H](C)C(=O)N[C@@H](CCC(N)=O)C(=O)O. The van der Waals surface area contributed by atoms with Crippen LogP contribution in [0.5, 0.6) is 0 Å². The average Bonchev–Trinajstić information content (AvgIpc) is 3.35. The molecule has 5 atom stereocenters. The Morgan fingerprint density at radius 2 is 1.31 bits per heavy atom. The zero-order valence-electron chi connectivity index (χ0n) is 26.5. The predicted octanol–water partition coefficient (Wildman–Crippen LogP) is 0.439. The van der Waals surface area contributed by atoms with Crippen LogP contribution < -0.4 is 32.7 Å². The van der Waals surface area contributed by atoms with Crippen molar-refractivity contribution in [1.82, 2.24) is 26.3 Å². The third-order valence-electron chi connectivity index (χ3n) is 7.18. The summed E-state index contributed by atoms with van der Waals surface area (Å²) in [5.41, 5.74) is 13.1. The van der Waals surface area contributed by atoms with Crippen molar-refractivity contribution in [3.63, 3.8) is 0 Å². The second kappa shape index (κ2) is 17.1. The van der Waals surface area contributed by atoms with E-state index in [0.29, 0.717) is 0 Å². The number of carboxylic acids is 1. The van der Waals surface area contributed by atoms with Gasteiger partial charge in [-0.05, 0) is 56.1 Å². The molecule has 0 aliphatic heterocycles. The monoisotopic (exact) mass is 629 g/mol. The van der Waals surface area contributed by atoms with E-state index in [2.05, 4.69) is 26.3 Å². The molecule has 1 heterocycles. The predicted molar refractivity (Wildman–Crippen MR) is 168 cm³/mol. The third kappa shape index (κ3) is 11.9. The lowest BCUT2D eigenvalue weighted by molar-refractivity contribution is -0.142. The minimum Gasteiger partial charge on any atom is -0.480 e. The van der Waals surface area contributed by atoms with Crippen molar-refractivity contribution in [2.24, 2.45) is 23.3 Å². The highest BCUT2D eigenvalue weighted by atomic mass is 16.4. The number of aliphatic carboxylic acids is 1. The molecule has 0 saturated carbocycles. The van der Waals surface area contributed by atoms with Gasteiger partial charge < -0.3 is 42.8 Å². The molecule has 0 saturated heterocycles. The van der Waals surface area contributed by atoms with E-state index in [9.17, 15) is 33.9 Å². The summed E-state index contributed by atoms with van der Waals surface area (Å²) in [6, 6.07) is 2.15. The summed E-state index contributed by atoms with van der Waals surface area (Å²) >= 11 is 0. The standard InChI is InChI=1S/C31H47N7O7/c1-16(2)12-24(29(42)35-18(5)27(40)36-23(31(44)45)10-11-26(33)39)38-30(43)25(13-17(3)4)37-28(41)21(32)14-19-15-34-22-9-7-6-8-20(19)22/h6-9,15-18,21,23-25,34H,10-14,32H2,1-5H3,(H2,33,39)(H,35,42)(H,36,40)(H,37,41)(H,38,43)(H,44,45)/t18-,21-,23-,24-,25-/m0/s1. The number of aromatic amines is 1. The van der Waals surface area contributed by atoms with Crippen molar-refractivity contribution < 1.29 is 33.9 Å². The molecule has 1 aromatic carbocycles. The Kier molecular flexibility index (Phi) is 14.0. The molecule has 14 nitrogen and oxygen atoms in total. The Morgan fingerprint density at radius 1 is 0.778 bits per heavy atom. The molecular weight excluding hydrogens is 582 g/mol. The molecule has 0 radical (unpaired) electrons. The maximum atomic E-state index is 13.5. The Balaban J connectivity index is 2.09. The molecule has 0 fully saturated rings. The van der Waals surface area contributed by atoms with Gasteiger partial charge in [0.25, 0.3) is 0 Å². The van der Waals surface area contributed by atoms with E-state index in [1.54, 1.807) is 6.20 Å². The summed E-state index contributed by atoms with van der Waals surface area (Å²) in [6.07, 6.45) is 2.10. The van der Waals surface area contributed by atoms with Crippen LogP contribution in [0.15, 0.2) is 30.5 Å². The molecule has 0 bridgehead atoms. The minimum absolute atomic E-state index is 0.0173. The molecule has 14 heteroatoms. The Morgan fingerprint density at radius 3 is 1.87 bits per heavy atom. The number of benzene rings is 1. The third-order valence-corrected chi connectivity index (χ3v) is 7.18. The van der Waals surface area contributed by atoms with Gasteiger partial charge in [0, 0.05) is 23.5 Å². The molecular formula is C31H47N7O7. The largest absolute Gasteiger partial charge is 0.480 e. The number of aromatic nitrogens is 1. The second-order valence-electron chi connectivity index (χ2n) is 12.2. The Hall–Kier alpha value is -4.46. The van der Waals surface area contributed by atoms with Crippen LogP contribution in [0.3, 0.4) is 0 Å². The van der Waals surface area contributed by atoms with E-state index in [0.717, 1.165) is 16.5 Å². The van der Waals surface area contributed by atoms with E-state index >= 15 is 0 Å². The number of nitrogens with one attached hydrogen (secondary N) is 5. The molecule has 10 N–H and O–H groups in total. The van der Waals surface area contributed by atoms with Crippen molar-refractivity contribution in [3.8, 4) is 0 Å². The summed E-state index contributed by atoms with van der Waals surface area (Å²) in [5.74, 6) is -4.62. The second-order valence-corrected chi connectivity index (χ2v) is 12.2. The minimum atomic E-state index is -1.38. The summed E-state index contributed by atoms with van der Waals surface area (Å²) in [7, 11) is 0. The summed E-state index contributed by atoms with van der Waals surface area (Å²) in [5, 5.41) is 20.6. The maximum absolute atomic E-state index is 13.5. The molecule has 248 valence electrons. The normalized spacial score (nSPS) is 14.7. The van der Waals surface area contributed by atoms with Crippen LogP contribution >= 0.6 is 0 Å². The lowest BCUT2D eigenvalue weighted by Gasteiger charge is -2.27. The topological polar surface area (TPSA) is 239 Å². The van der Waals surface area contributed by atoms with Crippen molar-refractivity contribution in [3.05, 3.63) is 36.0 Å². The van der Waals surface area contributed by atoms with Crippen LogP contribution in [0.1, 0.15) is 65.9 Å². The smallest absolute Gasteiger partial charge is 0.326 e. The highest BCUT2D eigenvalue weighted by Gasteiger charge is 2.31. The average molecular weight is 630 g/mol. The van der Waals surface area contributed by atoms with Gasteiger partial charge in [-0.2, -0.15) is 0 Å². The molecule has 0 spiro atoms. The summed E-state index contributed by atoms with van der Waals surface area (Å²) in [6.45, 7) is 8.87. The number of H-pyrrole nitrogens is 1. The van der Waals surface area contributed by atoms with Crippen LogP contribution in [0.4, 0.5) is 0 Å². The van der Waals surface area contributed by atoms with Crippen LogP contribution in [0, 0.1) is 11.8 Å². The van der Waals surface area contributed by atoms with Gasteiger partial charge in [0.1, 0.15) is 24.2 Å². The highest BCUT2D eigenvalue weighted by molar-refractivity contribution is 5.95. The number of nitrogens with two attached hydrogens (primary N) is 2. The summed E-state index contributed by atoms with van der Waals surface area (Å²) < 4.78 is 0. The molecule has 1 aromatic heterocycles. The van der Waals surface area contributed by atoms with E-state index in [-0.39, 0.29) is 43.9 Å². The first-order valence-electron chi connectivity index (χ1n) is 15.1. The van der Waals surface area contributed by atoms with Crippen LogP contribution in [-0.4, -0.2) is 75.8 Å². The zero-order chi connectivity index (χ0) is 33.8. The molecule has 45 heavy (non-hydrogen) atoms. The first-order valence-corrected chi connectivity index (χ1v) is 15.1. The van der Waals surface area contributed by atoms with Crippen LogP contribution in [-0.2, 0) is 35.2 Å². The van der Waals surface area contributed by atoms with Crippen molar-refractivity contribution in [1.29, 1.82) is 0 Å². The van der Waals surface area contributed by atoms with Crippen molar-refractivity contribution in [2.75, 3.05) is 0 Å². The molecule has 0 aliphatic carbocycles. The van der Waals surface area contributed by atoms with Crippen LogP contribution in [0.25, 0.3) is 10.9 Å². The number of hydrogen-bond donors (Lipinski definition) is 8. The van der Waals surface area contributed by atoms with Gasteiger partial charge in [-0.25, -0.2) is 4.79 Å². The lowest BCUT2D eigenvalue weighted by atomic mass is 9.99. The van der Waals surface area contributed by atoms with Gasteiger partial charge in [-0.3, -0.25) is 24.0 Å². The van der Waals surface area contributed by atoms with Crippen molar-refractivity contribution >= 4 is 46.4 Å². The van der Waals surface area contributed by atoms with Gasteiger partial charge in [-0.1, -0.05) is 45.9 Å². The lowest BCUT2D eigenvalue weighted by Crippen LogP contribution is -2.58. The number of amides is 5.